The maximum atomic E-state index is 12.5. The van der Waals surface area contributed by atoms with E-state index in [0.717, 1.165) is 0 Å². The molecule has 0 fully saturated rings. The molecule has 7 heteroatoms. The Balaban J connectivity index is 1.91. The Bertz CT molecular complexity index is 1020. The van der Waals surface area contributed by atoms with E-state index in [9.17, 15) is 9.59 Å². The number of amides is 1. The summed E-state index contributed by atoms with van der Waals surface area (Å²) in [6.45, 7) is 3.91. The first-order valence-electron chi connectivity index (χ1n) is 7.42. The second-order valence-corrected chi connectivity index (χ2v) is 5.66. The molecule has 1 aromatic heterocycles. The molecule has 6 nitrogen and oxygen atoms in total. The van der Waals surface area contributed by atoms with E-state index in [4.69, 9.17) is 20.8 Å². The number of methoxy groups -OCH3 is 1. The van der Waals surface area contributed by atoms with Crippen LogP contribution in [0.25, 0.3) is 11.1 Å². The molecule has 0 radical (unpaired) electrons. The third-order valence-corrected chi connectivity index (χ3v) is 3.95. The van der Waals surface area contributed by atoms with Gasteiger partial charge in [0.2, 0.25) is 0 Å². The summed E-state index contributed by atoms with van der Waals surface area (Å²) in [5.41, 5.74) is 1.87. The van der Waals surface area contributed by atoms with Gasteiger partial charge in [-0.05, 0) is 36.4 Å². The fraction of sp³-hybridized carbons (Fsp3) is 0.111. The van der Waals surface area contributed by atoms with Crippen molar-refractivity contribution >= 4 is 34.3 Å². The molecular formula is C18H15ClN2O4. The standard InChI is InChI=1S/C18H15ClN2O4/c1-3-8-21-14-9-11(4-6-16(14)25-18(21)23)17(22)20-12-5-7-15(24-2)13(19)10-12/h3-7,9-10H,1,8H2,2H3,(H,20,22). The van der Waals surface area contributed by atoms with Crippen LogP contribution in [-0.4, -0.2) is 17.6 Å². The molecule has 1 N–H and O–H groups in total. The molecule has 1 heterocycles. The quantitative estimate of drug-likeness (QED) is 0.706. The smallest absolute Gasteiger partial charge is 0.420 e. The first kappa shape index (κ1) is 16.9. The molecule has 0 bridgehead atoms. The number of fused-ring (bicyclic) bond motifs is 1. The third kappa shape index (κ3) is 3.29. The Labute approximate surface area is 148 Å². The summed E-state index contributed by atoms with van der Waals surface area (Å²) in [6.07, 6.45) is 1.59. The first-order valence-corrected chi connectivity index (χ1v) is 7.80. The molecule has 0 aliphatic rings. The van der Waals surface area contributed by atoms with Gasteiger partial charge in [-0.3, -0.25) is 9.36 Å². The van der Waals surface area contributed by atoms with Crippen LogP contribution in [0, 0.1) is 0 Å². The van der Waals surface area contributed by atoms with Gasteiger partial charge in [-0.1, -0.05) is 17.7 Å². The average Bonchev–Trinajstić information content (AvgIpc) is 2.90. The first-order chi connectivity index (χ1) is 12.0. The Kier molecular flexibility index (Phi) is 4.63. The lowest BCUT2D eigenvalue weighted by molar-refractivity contribution is 0.102. The lowest BCUT2D eigenvalue weighted by Crippen LogP contribution is -2.14. The number of allylic oxidation sites excluding steroid dienone is 1. The second kappa shape index (κ2) is 6.86. The van der Waals surface area contributed by atoms with Crippen molar-refractivity contribution < 1.29 is 13.9 Å². The van der Waals surface area contributed by atoms with E-state index in [2.05, 4.69) is 11.9 Å². The summed E-state index contributed by atoms with van der Waals surface area (Å²) < 4.78 is 11.6. The molecule has 128 valence electrons. The number of benzene rings is 2. The normalized spacial score (nSPS) is 10.6. The molecular weight excluding hydrogens is 344 g/mol. The van der Waals surface area contributed by atoms with Gasteiger partial charge in [-0.15, -0.1) is 6.58 Å². The van der Waals surface area contributed by atoms with Crippen LogP contribution < -0.4 is 15.8 Å². The minimum absolute atomic E-state index is 0.297. The summed E-state index contributed by atoms with van der Waals surface area (Å²) in [4.78, 5) is 24.3. The Morgan fingerprint density at radius 1 is 1.36 bits per heavy atom. The largest absolute Gasteiger partial charge is 0.495 e. The number of oxazole rings is 1. The van der Waals surface area contributed by atoms with Crippen LogP contribution in [0.4, 0.5) is 5.69 Å². The van der Waals surface area contributed by atoms with Gasteiger partial charge in [0.15, 0.2) is 5.58 Å². The third-order valence-electron chi connectivity index (χ3n) is 3.65. The van der Waals surface area contributed by atoms with E-state index in [1.54, 1.807) is 42.5 Å². The fourth-order valence-electron chi connectivity index (χ4n) is 2.45. The number of aromatic nitrogens is 1. The maximum absolute atomic E-state index is 12.5. The van der Waals surface area contributed by atoms with Gasteiger partial charge in [0, 0.05) is 17.8 Å². The molecule has 0 saturated carbocycles. The van der Waals surface area contributed by atoms with Gasteiger partial charge < -0.3 is 14.5 Å². The Morgan fingerprint density at radius 2 is 2.16 bits per heavy atom. The summed E-state index contributed by atoms with van der Waals surface area (Å²) >= 11 is 6.06. The number of nitrogens with zero attached hydrogens (tertiary/aromatic N) is 1. The molecule has 0 unspecified atom stereocenters. The summed E-state index contributed by atoms with van der Waals surface area (Å²) in [5, 5.41) is 3.15. The van der Waals surface area contributed by atoms with Crippen LogP contribution in [0.3, 0.4) is 0 Å². The lowest BCUT2D eigenvalue weighted by atomic mass is 10.2. The maximum Gasteiger partial charge on any atom is 0.420 e. The molecule has 25 heavy (non-hydrogen) atoms. The van der Waals surface area contributed by atoms with E-state index < -0.39 is 5.76 Å². The number of anilines is 1. The molecule has 0 saturated heterocycles. The van der Waals surface area contributed by atoms with E-state index >= 15 is 0 Å². The van der Waals surface area contributed by atoms with Gasteiger partial charge in [0.05, 0.1) is 17.6 Å². The molecule has 3 aromatic rings. The lowest BCUT2D eigenvalue weighted by Gasteiger charge is -2.08. The summed E-state index contributed by atoms with van der Waals surface area (Å²) in [6, 6.07) is 9.73. The minimum atomic E-state index is -0.491. The molecule has 3 rings (SSSR count). The molecule has 0 atom stereocenters. The van der Waals surface area contributed by atoms with Gasteiger partial charge in [-0.2, -0.15) is 0 Å². The number of hydrogen-bond donors (Lipinski definition) is 1. The van der Waals surface area contributed by atoms with Crippen LogP contribution in [0.1, 0.15) is 10.4 Å². The number of rotatable bonds is 5. The average molecular weight is 359 g/mol. The van der Waals surface area contributed by atoms with Crippen LogP contribution in [0.15, 0.2) is 58.3 Å². The van der Waals surface area contributed by atoms with Gasteiger partial charge in [-0.25, -0.2) is 4.79 Å². The summed E-state index contributed by atoms with van der Waals surface area (Å²) in [5.74, 6) is -0.302. The van der Waals surface area contributed by atoms with Crippen molar-refractivity contribution in [2.24, 2.45) is 0 Å². The highest BCUT2D eigenvalue weighted by Gasteiger charge is 2.13. The Hall–Kier alpha value is -2.99. The zero-order valence-corrected chi connectivity index (χ0v) is 14.2. The van der Waals surface area contributed by atoms with Crippen molar-refractivity contribution in [2.45, 2.75) is 6.54 Å². The summed E-state index contributed by atoms with van der Waals surface area (Å²) in [7, 11) is 1.52. The number of carbonyl (C=O) groups is 1. The highest BCUT2D eigenvalue weighted by Crippen LogP contribution is 2.27. The van der Waals surface area contributed by atoms with Gasteiger partial charge >= 0.3 is 5.76 Å². The molecule has 0 aliphatic heterocycles. The van der Waals surface area contributed by atoms with E-state index in [1.165, 1.54) is 11.7 Å². The molecule has 2 aromatic carbocycles. The van der Waals surface area contributed by atoms with Crippen LogP contribution in [-0.2, 0) is 6.54 Å². The van der Waals surface area contributed by atoms with Crippen molar-refractivity contribution in [2.75, 3.05) is 12.4 Å². The zero-order chi connectivity index (χ0) is 18.0. The van der Waals surface area contributed by atoms with Crippen molar-refractivity contribution in [1.29, 1.82) is 0 Å². The van der Waals surface area contributed by atoms with Crippen molar-refractivity contribution in [3.05, 3.63) is 70.2 Å². The number of carbonyl (C=O) groups excluding carboxylic acids is 1. The van der Waals surface area contributed by atoms with Crippen molar-refractivity contribution in [1.82, 2.24) is 4.57 Å². The van der Waals surface area contributed by atoms with Crippen LogP contribution >= 0.6 is 11.6 Å². The highest BCUT2D eigenvalue weighted by molar-refractivity contribution is 6.32. The predicted octanol–water partition coefficient (Wildman–Crippen LogP) is 3.69. The van der Waals surface area contributed by atoms with Crippen LogP contribution in [0.2, 0.25) is 5.02 Å². The number of ether oxygens (including phenoxy) is 1. The van der Waals surface area contributed by atoms with Gasteiger partial charge in [0.1, 0.15) is 5.75 Å². The van der Waals surface area contributed by atoms with Gasteiger partial charge in [0.25, 0.3) is 5.91 Å². The zero-order valence-electron chi connectivity index (χ0n) is 13.4. The predicted molar refractivity (Wildman–Crippen MR) is 96.6 cm³/mol. The second-order valence-electron chi connectivity index (χ2n) is 5.25. The van der Waals surface area contributed by atoms with Crippen molar-refractivity contribution in [3.8, 4) is 5.75 Å². The van der Waals surface area contributed by atoms with E-state index in [-0.39, 0.29) is 5.91 Å². The van der Waals surface area contributed by atoms with E-state index in [1.807, 2.05) is 0 Å². The van der Waals surface area contributed by atoms with Crippen LogP contribution in [0.5, 0.6) is 5.75 Å². The highest BCUT2D eigenvalue weighted by atomic mass is 35.5. The minimum Gasteiger partial charge on any atom is -0.495 e. The number of nitrogens with one attached hydrogen (secondary N) is 1. The van der Waals surface area contributed by atoms with Crippen molar-refractivity contribution in [3.63, 3.8) is 0 Å². The van der Waals surface area contributed by atoms with E-state index in [0.29, 0.717) is 39.7 Å². The number of halogens is 1. The Morgan fingerprint density at radius 3 is 2.84 bits per heavy atom. The fourth-order valence-corrected chi connectivity index (χ4v) is 2.71. The molecule has 0 spiro atoms. The topological polar surface area (TPSA) is 73.5 Å². The molecule has 1 amide bonds. The number of hydrogen-bond acceptors (Lipinski definition) is 4. The SMILES string of the molecule is C=CCn1c(=O)oc2ccc(C(=O)Nc3ccc(OC)c(Cl)c3)cc21. The monoisotopic (exact) mass is 358 g/mol. The molecule has 0 aliphatic carbocycles.